The Bertz CT molecular complexity index is 635. The number of nitrogens with one attached hydrogen (secondary N) is 1. The molecule has 0 aliphatic rings. The van der Waals surface area contributed by atoms with Gasteiger partial charge in [0.2, 0.25) is 0 Å². The van der Waals surface area contributed by atoms with Crippen LogP contribution < -0.4 is 0 Å². The van der Waals surface area contributed by atoms with Crippen LogP contribution in [0.3, 0.4) is 0 Å². The van der Waals surface area contributed by atoms with Crippen LogP contribution >= 0.6 is 0 Å². The van der Waals surface area contributed by atoms with Gasteiger partial charge >= 0.3 is 0 Å². The Hall–Kier alpha value is -2.29. The standard InChI is InChI=1S/C13H9NO2/c15-13(9-5-6-16-8-9)11-7-14-12-4-2-1-3-10(11)12/h1-8,14H. The lowest BCUT2D eigenvalue weighted by Crippen LogP contribution is -1.97. The minimum Gasteiger partial charge on any atom is -0.472 e. The van der Waals surface area contributed by atoms with Crippen LogP contribution in [0.2, 0.25) is 0 Å². The second-order valence-electron chi connectivity index (χ2n) is 3.59. The normalized spacial score (nSPS) is 10.8. The maximum absolute atomic E-state index is 12.1. The van der Waals surface area contributed by atoms with E-state index in [-0.39, 0.29) is 5.78 Å². The third kappa shape index (κ3) is 1.26. The molecule has 2 heterocycles. The molecule has 3 nitrogen and oxygen atoms in total. The molecule has 3 heteroatoms. The molecule has 0 aliphatic carbocycles. The summed E-state index contributed by atoms with van der Waals surface area (Å²) in [5.41, 5.74) is 2.22. The highest BCUT2D eigenvalue weighted by atomic mass is 16.3. The summed E-state index contributed by atoms with van der Waals surface area (Å²) < 4.78 is 4.91. The Morgan fingerprint density at radius 2 is 2.06 bits per heavy atom. The summed E-state index contributed by atoms with van der Waals surface area (Å²) >= 11 is 0. The molecular formula is C13H9NO2. The van der Waals surface area contributed by atoms with Crippen molar-refractivity contribution in [2.75, 3.05) is 0 Å². The monoisotopic (exact) mass is 211 g/mol. The summed E-state index contributed by atoms with van der Waals surface area (Å²) in [6, 6.07) is 9.40. The van der Waals surface area contributed by atoms with Crippen molar-refractivity contribution in [2.24, 2.45) is 0 Å². The molecule has 0 saturated carbocycles. The van der Waals surface area contributed by atoms with Gasteiger partial charge in [-0.05, 0) is 12.1 Å². The van der Waals surface area contributed by atoms with Gasteiger partial charge in [0.15, 0.2) is 5.78 Å². The molecule has 1 aromatic carbocycles. The van der Waals surface area contributed by atoms with E-state index in [0.717, 1.165) is 10.9 Å². The van der Waals surface area contributed by atoms with E-state index in [1.54, 1.807) is 12.3 Å². The summed E-state index contributed by atoms with van der Waals surface area (Å²) in [6.45, 7) is 0. The van der Waals surface area contributed by atoms with Gasteiger partial charge in [0.05, 0.1) is 11.8 Å². The number of H-pyrrole nitrogens is 1. The van der Waals surface area contributed by atoms with Crippen LogP contribution in [0.25, 0.3) is 10.9 Å². The van der Waals surface area contributed by atoms with E-state index in [2.05, 4.69) is 4.98 Å². The molecule has 3 aromatic rings. The minimum absolute atomic E-state index is 0.0220. The maximum Gasteiger partial charge on any atom is 0.198 e. The van der Waals surface area contributed by atoms with Crippen molar-refractivity contribution < 1.29 is 9.21 Å². The average Bonchev–Trinajstić information content (AvgIpc) is 2.98. The van der Waals surface area contributed by atoms with E-state index in [4.69, 9.17) is 4.42 Å². The molecule has 78 valence electrons. The fourth-order valence-corrected chi connectivity index (χ4v) is 1.81. The fourth-order valence-electron chi connectivity index (χ4n) is 1.81. The van der Waals surface area contributed by atoms with Gasteiger partial charge in [-0.1, -0.05) is 18.2 Å². The van der Waals surface area contributed by atoms with Crippen molar-refractivity contribution in [3.05, 3.63) is 60.2 Å². The van der Waals surface area contributed by atoms with E-state index < -0.39 is 0 Å². The van der Waals surface area contributed by atoms with Crippen LogP contribution in [0.15, 0.2) is 53.5 Å². The number of aromatic nitrogens is 1. The average molecular weight is 211 g/mol. The molecule has 0 atom stereocenters. The van der Waals surface area contributed by atoms with Crippen LogP contribution in [0.5, 0.6) is 0 Å². The largest absolute Gasteiger partial charge is 0.472 e. The van der Waals surface area contributed by atoms with Crippen LogP contribution in [-0.4, -0.2) is 10.8 Å². The number of para-hydroxylation sites is 1. The number of furan rings is 1. The molecule has 0 fully saturated rings. The molecule has 3 rings (SSSR count). The van der Waals surface area contributed by atoms with Gasteiger partial charge in [-0.3, -0.25) is 4.79 Å². The lowest BCUT2D eigenvalue weighted by molar-refractivity contribution is 0.103. The Morgan fingerprint density at radius 3 is 2.88 bits per heavy atom. The van der Waals surface area contributed by atoms with E-state index in [9.17, 15) is 4.79 Å². The zero-order valence-corrected chi connectivity index (χ0v) is 8.44. The van der Waals surface area contributed by atoms with Gasteiger partial charge in [-0.25, -0.2) is 0 Å². The van der Waals surface area contributed by atoms with E-state index in [1.165, 1.54) is 12.5 Å². The lowest BCUT2D eigenvalue weighted by Gasteiger charge is -1.94. The number of hydrogen-bond acceptors (Lipinski definition) is 2. The smallest absolute Gasteiger partial charge is 0.198 e. The molecule has 0 amide bonds. The summed E-state index contributed by atoms with van der Waals surface area (Å²) in [6.07, 6.45) is 4.70. The highest BCUT2D eigenvalue weighted by molar-refractivity contribution is 6.16. The van der Waals surface area contributed by atoms with Gasteiger partial charge in [0, 0.05) is 22.7 Å². The van der Waals surface area contributed by atoms with E-state index >= 15 is 0 Å². The summed E-state index contributed by atoms with van der Waals surface area (Å²) in [5, 5.41) is 0.939. The highest BCUT2D eigenvalue weighted by Crippen LogP contribution is 2.20. The molecule has 16 heavy (non-hydrogen) atoms. The van der Waals surface area contributed by atoms with E-state index in [1.807, 2.05) is 24.3 Å². The van der Waals surface area contributed by atoms with Crippen molar-refractivity contribution in [3.8, 4) is 0 Å². The number of fused-ring (bicyclic) bond motifs is 1. The number of carbonyl (C=O) groups is 1. The highest BCUT2D eigenvalue weighted by Gasteiger charge is 2.14. The molecule has 0 aliphatic heterocycles. The van der Waals surface area contributed by atoms with Crippen molar-refractivity contribution in [3.63, 3.8) is 0 Å². The first kappa shape index (κ1) is 8.97. The zero-order valence-electron chi connectivity index (χ0n) is 8.44. The second kappa shape index (κ2) is 3.38. The fraction of sp³-hybridized carbons (Fsp3) is 0. The van der Waals surface area contributed by atoms with Crippen molar-refractivity contribution >= 4 is 16.7 Å². The Labute approximate surface area is 91.7 Å². The second-order valence-corrected chi connectivity index (χ2v) is 3.59. The van der Waals surface area contributed by atoms with Gasteiger partial charge in [0.1, 0.15) is 6.26 Å². The van der Waals surface area contributed by atoms with Crippen LogP contribution in [0, 0.1) is 0 Å². The number of ketones is 1. The Balaban J connectivity index is 2.16. The lowest BCUT2D eigenvalue weighted by atomic mass is 10.1. The van der Waals surface area contributed by atoms with Gasteiger partial charge in [0.25, 0.3) is 0 Å². The topological polar surface area (TPSA) is 46.0 Å². The molecular weight excluding hydrogens is 202 g/mol. The summed E-state index contributed by atoms with van der Waals surface area (Å²) in [4.78, 5) is 15.2. The SMILES string of the molecule is O=C(c1ccoc1)c1c[nH]c2ccccc12. The third-order valence-electron chi connectivity index (χ3n) is 2.62. The van der Waals surface area contributed by atoms with Crippen molar-refractivity contribution in [2.45, 2.75) is 0 Å². The minimum atomic E-state index is -0.0220. The first-order chi connectivity index (χ1) is 7.86. The number of rotatable bonds is 2. The quantitative estimate of drug-likeness (QED) is 0.662. The molecule has 0 spiro atoms. The van der Waals surface area contributed by atoms with Gasteiger partial charge < -0.3 is 9.40 Å². The van der Waals surface area contributed by atoms with Crippen molar-refractivity contribution in [1.82, 2.24) is 4.98 Å². The van der Waals surface area contributed by atoms with Crippen molar-refractivity contribution in [1.29, 1.82) is 0 Å². The number of hydrogen-bond donors (Lipinski definition) is 1. The molecule has 0 saturated heterocycles. The predicted octanol–water partition coefficient (Wildman–Crippen LogP) is 2.99. The molecule has 0 unspecified atom stereocenters. The molecule has 1 N–H and O–H groups in total. The first-order valence-electron chi connectivity index (χ1n) is 4.99. The van der Waals surface area contributed by atoms with Gasteiger partial charge in [-0.2, -0.15) is 0 Å². The Kier molecular flexibility index (Phi) is 1.90. The molecule has 0 radical (unpaired) electrons. The maximum atomic E-state index is 12.1. The molecule has 2 aromatic heterocycles. The summed E-state index contributed by atoms with van der Waals surface area (Å²) in [5.74, 6) is -0.0220. The summed E-state index contributed by atoms with van der Waals surface area (Å²) in [7, 11) is 0. The number of carbonyl (C=O) groups excluding carboxylic acids is 1. The van der Waals surface area contributed by atoms with Gasteiger partial charge in [-0.15, -0.1) is 0 Å². The van der Waals surface area contributed by atoms with Crippen LogP contribution in [0.1, 0.15) is 15.9 Å². The predicted molar refractivity (Wildman–Crippen MR) is 60.4 cm³/mol. The zero-order chi connectivity index (χ0) is 11.0. The van der Waals surface area contributed by atoms with Crippen LogP contribution in [0.4, 0.5) is 0 Å². The van der Waals surface area contributed by atoms with E-state index in [0.29, 0.717) is 11.1 Å². The third-order valence-corrected chi connectivity index (χ3v) is 2.62. The molecule has 0 bridgehead atoms. The number of aromatic amines is 1. The van der Waals surface area contributed by atoms with Crippen LogP contribution in [-0.2, 0) is 0 Å². The first-order valence-corrected chi connectivity index (χ1v) is 4.99. The Morgan fingerprint density at radius 1 is 1.19 bits per heavy atom. The number of benzene rings is 1.